The number of rotatable bonds is 2. The molecule has 0 N–H and O–H groups in total. The van der Waals surface area contributed by atoms with Gasteiger partial charge in [0.1, 0.15) is 11.5 Å². The number of benzene rings is 2. The van der Waals surface area contributed by atoms with Crippen LogP contribution >= 0.6 is 0 Å². The normalized spacial score (nSPS) is 15.8. The molecular weight excluding hydrogens is 400 g/mol. The van der Waals surface area contributed by atoms with Crippen molar-refractivity contribution in [3.05, 3.63) is 82.9 Å². The quantitative estimate of drug-likeness (QED) is 0.370. The summed E-state index contributed by atoms with van der Waals surface area (Å²) in [4.78, 5) is 0. The molecule has 8 rings (SSSR count). The summed E-state index contributed by atoms with van der Waals surface area (Å²) in [6, 6.07) is 21.1. The molecular formula is C27H20N2O3+2. The molecule has 0 saturated carbocycles. The molecule has 0 amide bonds. The molecule has 5 nitrogen and oxygen atoms in total. The molecule has 0 saturated heterocycles. The second-order valence-corrected chi connectivity index (χ2v) is 8.79. The highest BCUT2D eigenvalue weighted by atomic mass is 16.5. The summed E-state index contributed by atoms with van der Waals surface area (Å²) in [7, 11) is 0. The number of aromatic nitrogens is 2. The van der Waals surface area contributed by atoms with Crippen LogP contribution in [-0.4, -0.2) is 0 Å². The lowest BCUT2D eigenvalue weighted by atomic mass is 9.84. The van der Waals surface area contributed by atoms with Crippen LogP contribution in [0.4, 0.5) is 0 Å². The maximum absolute atomic E-state index is 6.54. The molecule has 4 aromatic rings. The average Bonchev–Trinajstić information content (AvgIpc) is 3.11. The van der Waals surface area contributed by atoms with Gasteiger partial charge in [0.05, 0.1) is 12.1 Å². The SMILES string of the molecule is CCc1cc2[n+]3c(c1)-c1cc(CC)cc4[n+]1C31c3c(cccc3O2)Oc2cccc(c21)O4. The number of nitrogens with zero attached hydrogens (tertiary/aromatic N) is 2. The van der Waals surface area contributed by atoms with Crippen LogP contribution < -0.4 is 23.3 Å². The number of pyridine rings is 2. The van der Waals surface area contributed by atoms with Crippen molar-refractivity contribution in [2.75, 3.05) is 0 Å². The Bertz CT molecular complexity index is 1420. The van der Waals surface area contributed by atoms with Gasteiger partial charge in [-0.25, -0.2) is 0 Å². The van der Waals surface area contributed by atoms with Gasteiger partial charge in [-0.15, -0.1) is 0 Å². The molecule has 2 aromatic carbocycles. The fraction of sp³-hybridized carbons (Fsp3) is 0.185. The lowest BCUT2D eigenvalue weighted by Crippen LogP contribution is -2.74. The van der Waals surface area contributed by atoms with E-state index < -0.39 is 5.66 Å². The maximum Gasteiger partial charge on any atom is 0.437 e. The maximum atomic E-state index is 6.54. The molecule has 5 heteroatoms. The lowest BCUT2D eigenvalue weighted by molar-refractivity contribution is -0.943. The molecule has 4 aliphatic heterocycles. The molecule has 0 fully saturated rings. The predicted molar refractivity (Wildman–Crippen MR) is 116 cm³/mol. The number of fused-ring (bicyclic) bond motifs is 1. The zero-order valence-electron chi connectivity index (χ0n) is 17.8. The zero-order valence-corrected chi connectivity index (χ0v) is 17.8. The van der Waals surface area contributed by atoms with Crippen LogP contribution in [0.25, 0.3) is 11.4 Å². The first-order chi connectivity index (χ1) is 15.7. The fourth-order valence-corrected chi connectivity index (χ4v) is 5.92. The van der Waals surface area contributed by atoms with E-state index in [1.165, 1.54) is 11.1 Å². The summed E-state index contributed by atoms with van der Waals surface area (Å²) >= 11 is 0. The van der Waals surface area contributed by atoms with E-state index in [-0.39, 0.29) is 0 Å². The van der Waals surface area contributed by atoms with Crippen molar-refractivity contribution < 1.29 is 23.3 Å². The number of aryl methyl sites for hydroxylation is 2. The van der Waals surface area contributed by atoms with Crippen molar-refractivity contribution in [1.82, 2.24) is 0 Å². The Morgan fingerprint density at radius 2 is 1.06 bits per heavy atom. The van der Waals surface area contributed by atoms with Crippen LogP contribution in [0.5, 0.6) is 34.8 Å². The summed E-state index contributed by atoms with van der Waals surface area (Å²) in [5, 5.41) is 0. The molecule has 0 radical (unpaired) electrons. The Labute approximate surface area is 185 Å². The number of hydrogen-bond donors (Lipinski definition) is 0. The highest BCUT2D eigenvalue weighted by molar-refractivity contribution is 5.68. The molecule has 0 aliphatic carbocycles. The smallest absolute Gasteiger partial charge is 0.437 e. The molecule has 1 spiro atoms. The molecule has 32 heavy (non-hydrogen) atoms. The molecule has 2 aromatic heterocycles. The van der Waals surface area contributed by atoms with Gasteiger partial charge in [0.2, 0.25) is 0 Å². The van der Waals surface area contributed by atoms with Crippen molar-refractivity contribution in [3.8, 4) is 46.1 Å². The minimum Gasteiger partial charge on any atom is -0.455 e. The van der Waals surface area contributed by atoms with Crippen molar-refractivity contribution in [1.29, 1.82) is 0 Å². The number of ether oxygens (including phenoxy) is 3. The summed E-state index contributed by atoms with van der Waals surface area (Å²) in [5.41, 5.74) is 6.20. The van der Waals surface area contributed by atoms with Gasteiger partial charge in [-0.05, 0) is 48.2 Å². The highest BCUT2D eigenvalue weighted by Gasteiger charge is 2.75. The van der Waals surface area contributed by atoms with E-state index >= 15 is 0 Å². The second kappa shape index (κ2) is 5.30. The van der Waals surface area contributed by atoms with Crippen molar-refractivity contribution in [2.45, 2.75) is 32.4 Å². The fourth-order valence-electron chi connectivity index (χ4n) is 5.92. The van der Waals surface area contributed by atoms with E-state index in [9.17, 15) is 0 Å². The van der Waals surface area contributed by atoms with Crippen molar-refractivity contribution >= 4 is 0 Å². The summed E-state index contributed by atoms with van der Waals surface area (Å²) in [6.07, 6.45) is 1.87. The second-order valence-electron chi connectivity index (χ2n) is 8.79. The highest BCUT2D eigenvalue weighted by Crippen LogP contribution is 2.59. The van der Waals surface area contributed by atoms with Gasteiger partial charge in [-0.1, -0.05) is 35.1 Å². The number of hydrogen-bond acceptors (Lipinski definition) is 3. The van der Waals surface area contributed by atoms with E-state index in [0.29, 0.717) is 0 Å². The predicted octanol–water partition coefficient (Wildman–Crippen LogP) is 4.98. The molecule has 0 bridgehead atoms. The zero-order chi connectivity index (χ0) is 21.2. The van der Waals surface area contributed by atoms with E-state index in [2.05, 4.69) is 47.2 Å². The van der Waals surface area contributed by atoms with Gasteiger partial charge >= 0.3 is 17.4 Å². The molecule has 0 atom stereocenters. The Morgan fingerprint density at radius 3 is 1.50 bits per heavy atom. The summed E-state index contributed by atoms with van der Waals surface area (Å²) < 4.78 is 24.2. The van der Waals surface area contributed by atoms with E-state index in [0.717, 1.165) is 70.1 Å². The van der Waals surface area contributed by atoms with Crippen molar-refractivity contribution in [3.63, 3.8) is 0 Å². The van der Waals surface area contributed by atoms with Crippen LogP contribution in [0.3, 0.4) is 0 Å². The van der Waals surface area contributed by atoms with Crippen LogP contribution in [0.15, 0.2) is 60.7 Å². The third kappa shape index (κ3) is 1.65. The topological polar surface area (TPSA) is 35.5 Å². The summed E-state index contributed by atoms with van der Waals surface area (Å²) in [5.74, 6) is 5.00. The Morgan fingerprint density at radius 1 is 0.625 bits per heavy atom. The third-order valence-electron chi connectivity index (χ3n) is 7.23. The third-order valence-corrected chi connectivity index (χ3v) is 7.23. The van der Waals surface area contributed by atoms with Crippen LogP contribution in [-0.2, 0) is 18.5 Å². The minimum absolute atomic E-state index is 0.638. The van der Waals surface area contributed by atoms with Gasteiger partial charge < -0.3 is 14.2 Å². The lowest BCUT2D eigenvalue weighted by Gasteiger charge is -2.35. The molecule has 6 heterocycles. The first kappa shape index (κ1) is 16.8. The van der Waals surface area contributed by atoms with Crippen LogP contribution in [0.1, 0.15) is 36.1 Å². The standard InChI is InChI=1S/C27H20N2O3/c1-3-15-11-17-18-12-16(4-2)14-24-29(18)27-25-19(30-20-8-6-10-22(32-24)26(20)27)7-5-9-21(25)31-23(13-15)28(17)27/h5-14H,3-4H2,1-2H3/q+2. The largest absolute Gasteiger partial charge is 0.455 e. The molecule has 4 aliphatic rings. The van der Waals surface area contributed by atoms with Crippen molar-refractivity contribution in [2.24, 2.45) is 0 Å². The van der Waals surface area contributed by atoms with E-state index in [1.807, 2.05) is 36.4 Å². The van der Waals surface area contributed by atoms with Gasteiger partial charge in [-0.2, -0.15) is 0 Å². The first-order valence-corrected chi connectivity index (χ1v) is 11.2. The van der Waals surface area contributed by atoms with Crippen LogP contribution in [0, 0.1) is 0 Å². The van der Waals surface area contributed by atoms with Gasteiger partial charge in [0.15, 0.2) is 22.6 Å². The summed E-state index contributed by atoms with van der Waals surface area (Å²) in [6.45, 7) is 4.37. The van der Waals surface area contributed by atoms with Gasteiger partial charge in [0, 0.05) is 12.1 Å². The van der Waals surface area contributed by atoms with Gasteiger partial charge in [-0.3, -0.25) is 0 Å². The van der Waals surface area contributed by atoms with Gasteiger partial charge in [0.25, 0.3) is 11.4 Å². The Kier molecular flexibility index (Phi) is 2.78. The van der Waals surface area contributed by atoms with E-state index in [1.54, 1.807) is 0 Å². The minimum atomic E-state index is -0.638. The van der Waals surface area contributed by atoms with E-state index in [4.69, 9.17) is 14.2 Å². The Balaban J connectivity index is 1.67. The monoisotopic (exact) mass is 420 g/mol. The van der Waals surface area contributed by atoms with Crippen LogP contribution in [0.2, 0.25) is 0 Å². The Hall–Kier alpha value is -3.86. The molecule has 0 unspecified atom stereocenters. The molecule has 154 valence electrons. The first-order valence-electron chi connectivity index (χ1n) is 11.2. The average molecular weight is 420 g/mol.